The summed E-state index contributed by atoms with van der Waals surface area (Å²) in [4.78, 5) is 35.1. The van der Waals surface area contributed by atoms with E-state index in [1.54, 1.807) is 17.0 Å². The van der Waals surface area contributed by atoms with Crippen LogP contribution in [0, 0.1) is 11.7 Å². The van der Waals surface area contributed by atoms with Crippen LogP contribution in [-0.2, 0) is 19.1 Å². The first-order valence-corrected chi connectivity index (χ1v) is 9.46. The molecule has 1 atom stereocenters. The van der Waals surface area contributed by atoms with E-state index in [0.29, 0.717) is 43.7 Å². The van der Waals surface area contributed by atoms with Crippen LogP contribution in [-0.4, -0.2) is 64.3 Å². The second-order valence-corrected chi connectivity index (χ2v) is 6.93. The third kappa shape index (κ3) is 4.70. The molecule has 9 nitrogen and oxygen atoms in total. The summed E-state index contributed by atoms with van der Waals surface area (Å²) in [6, 6.07) is 4.63. The number of carboxylic acid groups (broad SMARTS) is 1. The van der Waals surface area contributed by atoms with Gasteiger partial charge in [-0.2, -0.15) is 5.10 Å². The molecule has 0 aliphatic carbocycles. The molecule has 1 unspecified atom stereocenters. The topological polar surface area (TPSA) is 125 Å². The number of hydrogen-bond acceptors (Lipinski definition) is 5. The molecular weight excluding hydrogens is 383 g/mol. The largest absolute Gasteiger partial charge is 0.483 e. The Morgan fingerprint density at radius 1 is 1.31 bits per heavy atom. The Bertz CT molecular complexity index is 873. The molecule has 0 spiro atoms. The zero-order valence-electron chi connectivity index (χ0n) is 15.8. The average molecular weight is 406 g/mol. The van der Waals surface area contributed by atoms with Gasteiger partial charge in [0.05, 0.1) is 0 Å². The lowest BCUT2D eigenvalue weighted by molar-refractivity contribution is -0.143. The molecule has 2 amide bonds. The number of anilines is 1. The van der Waals surface area contributed by atoms with Gasteiger partial charge in [-0.05, 0) is 37.8 Å². The van der Waals surface area contributed by atoms with Crippen molar-refractivity contribution in [2.45, 2.75) is 31.8 Å². The molecule has 2 saturated heterocycles. The number of ether oxygens (including phenoxy) is 1. The van der Waals surface area contributed by atoms with Gasteiger partial charge in [0.1, 0.15) is 17.4 Å². The number of nitrogens with zero attached hydrogens (tertiary/aromatic N) is 2. The number of aromatic amines is 1. The highest BCUT2D eigenvalue weighted by Crippen LogP contribution is 2.25. The number of fused-ring (bicyclic) bond motifs is 1. The minimum atomic E-state index is -0.406. The molecule has 2 aliphatic rings. The lowest BCUT2D eigenvalue weighted by atomic mass is 9.95. The maximum atomic E-state index is 13.7. The number of aromatic nitrogens is 2. The summed E-state index contributed by atoms with van der Waals surface area (Å²) in [7, 11) is 0. The van der Waals surface area contributed by atoms with Crippen LogP contribution in [0.3, 0.4) is 0 Å². The van der Waals surface area contributed by atoms with E-state index in [1.165, 1.54) is 6.07 Å². The second kappa shape index (κ2) is 9.46. The van der Waals surface area contributed by atoms with Crippen molar-refractivity contribution in [1.82, 2.24) is 15.1 Å². The van der Waals surface area contributed by atoms with E-state index < -0.39 is 5.82 Å². The van der Waals surface area contributed by atoms with E-state index in [9.17, 15) is 14.0 Å². The van der Waals surface area contributed by atoms with Crippen molar-refractivity contribution in [3.63, 3.8) is 0 Å². The van der Waals surface area contributed by atoms with Gasteiger partial charge in [0, 0.05) is 31.0 Å². The molecule has 0 radical (unpaired) electrons. The molecule has 3 N–H and O–H groups in total. The fourth-order valence-corrected chi connectivity index (χ4v) is 3.66. The number of hydrogen-bond donors (Lipinski definition) is 3. The number of piperidine rings is 1. The number of likely N-dealkylation sites (tertiary alicyclic amines) is 1. The number of rotatable bonds is 3. The molecule has 2 aliphatic heterocycles. The summed E-state index contributed by atoms with van der Waals surface area (Å²) in [5, 5.41) is 16.8. The summed E-state index contributed by atoms with van der Waals surface area (Å²) in [6.45, 7) is 1.49. The normalized spacial score (nSPS) is 19.5. The molecule has 0 bridgehead atoms. The first-order valence-electron chi connectivity index (χ1n) is 9.46. The van der Waals surface area contributed by atoms with Gasteiger partial charge in [0.25, 0.3) is 12.4 Å². The van der Waals surface area contributed by atoms with E-state index in [0.717, 1.165) is 12.8 Å². The van der Waals surface area contributed by atoms with Crippen molar-refractivity contribution >= 4 is 35.0 Å². The number of amides is 2. The Morgan fingerprint density at radius 2 is 2.03 bits per heavy atom. The molecule has 10 heteroatoms. The number of benzene rings is 1. The quantitative estimate of drug-likeness (QED) is 0.667. The van der Waals surface area contributed by atoms with Gasteiger partial charge in [-0.3, -0.25) is 19.5 Å². The fraction of sp³-hybridized carbons (Fsp3) is 0.474. The second-order valence-electron chi connectivity index (χ2n) is 6.93. The molecule has 1 aromatic heterocycles. The van der Waals surface area contributed by atoms with Gasteiger partial charge in [0.15, 0.2) is 5.82 Å². The van der Waals surface area contributed by atoms with Crippen molar-refractivity contribution in [2.75, 3.05) is 25.0 Å². The summed E-state index contributed by atoms with van der Waals surface area (Å²) >= 11 is 0. The zero-order chi connectivity index (χ0) is 20.8. The maximum absolute atomic E-state index is 13.7. The monoisotopic (exact) mass is 406 g/mol. The predicted molar refractivity (Wildman–Crippen MR) is 102 cm³/mol. The van der Waals surface area contributed by atoms with E-state index in [4.69, 9.17) is 14.6 Å². The third-order valence-corrected chi connectivity index (χ3v) is 5.17. The summed E-state index contributed by atoms with van der Waals surface area (Å²) < 4.78 is 19.2. The van der Waals surface area contributed by atoms with Gasteiger partial charge in [-0.15, -0.1) is 0 Å². The Labute approximate surface area is 166 Å². The molecule has 3 heterocycles. The van der Waals surface area contributed by atoms with Crippen LogP contribution in [0.4, 0.5) is 10.2 Å². The zero-order valence-corrected chi connectivity index (χ0v) is 15.8. The van der Waals surface area contributed by atoms with Gasteiger partial charge in [-0.1, -0.05) is 6.07 Å². The number of para-hydroxylation sites is 1. The molecule has 0 saturated carbocycles. The lowest BCUT2D eigenvalue weighted by Crippen LogP contribution is -2.45. The van der Waals surface area contributed by atoms with Gasteiger partial charge in [-0.25, -0.2) is 4.39 Å². The molecule has 156 valence electrons. The third-order valence-electron chi connectivity index (χ3n) is 5.17. The number of carbonyl (C=O) groups is 3. The Kier molecular flexibility index (Phi) is 6.76. The molecular formula is C19H23FN4O5. The van der Waals surface area contributed by atoms with Crippen molar-refractivity contribution in [2.24, 2.45) is 5.92 Å². The SMILES string of the molecule is O=C(Nc1n[nH]c2c(F)cccc12)C1CCN(C(=O)C2CCCO2)CC1.O=CO. The highest BCUT2D eigenvalue weighted by atomic mass is 19.1. The molecule has 29 heavy (non-hydrogen) atoms. The molecule has 2 fully saturated rings. The Hall–Kier alpha value is -3.01. The van der Waals surface area contributed by atoms with Crippen molar-refractivity contribution in [1.29, 1.82) is 0 Å². The minimum absolute atomic E-state index is 0.0372. The van der Waals surface area contributed by atoms with Crippen LogP contribution < -0.4 is 5.32 Å². The number of nitrogens with one attached hydrogen (secondary N) is 2. The van der Waals surface area contributed by atoms with E-state index in [1.807, 2.05) is 0 Å². The van der Waals surface area contributed by atoms with Crippen molar-refractivity contribution in [3.05, 3.63) is 24.0 Å². The predicted octanol–water partition coefficient (Wildman–Crippen LogP) is 1.76. The van der Waals surface area contributed by atoms with E-state index in [-0.39, 0.29) is 35.8 Å². The number of carbonyl (C=O) groups excluding carboxylic acids is 2. The van der Waals surface area contributed by atoms with Crippen LogP contribution in [0.1, 0.15) is 25.7 Å². The first kappa shape index (κ1) is 20.7. The average Bonchev–Trinajstić information content (AvgIpc) is 3.40. The first-order chi connectivity index (χ1) is 14.0. The summed E-state index contributed by atoms with van der Waals surface area (Å²) in [5.74, 6) is -0.371. The molecule has 2 aromatic rings. The highest BCUT2D eigenvalue weighted by molar-refractivity contribution is 6.00. The van der Waals surface area contributed by atoms with Crippen LogP contribution in [0.25, 0.3) is 10.9 Å². The van der Waals surface area contributed by atoms with Crippen molar-refractivity contribution < 1.29 is 28.6 Å². The van der Waals surface area contributed by atoms with Gasteiger partial charge in [0.2, 0.25) is 5.91 Å². The maximum Gasteiger partial charge on any atom is 0.290 e. The summed E-state index contributed by atoms with van der Waals surface area (Å²) in [6.07, 6.45) is 2.59. The van der Waals surface area contributed by atoms with Crippen LogP contribution in [0.5, 0.6) is 0 Å². The molecule has 4 rings (SSSR count). The van der Waals surface area contributed by atoms with Crippen LogP contribution >= 0.6 is 0 Å². The van der Waals surface area contributed by atoms with Crippen molar-refractivity contribution in [3.8, 4) is 0 Å². The van der Waals surface area contributed by atoms with Crippen LogP contribution in [0.2, 0.25) is 0 Å². The van der Waals surface area contributed by atoms with E-state index >= 15 is 0 Å². The lowest BCUT2D eigenvalue weighted by Gasteiger charge is -2.32. The number of H-pyrrole nitrogens is 1. The summed E-state index contributed by atoms with van der Waals surface area (Å²) in [5.41, 5.74) is 0.278. The highest BCUT2D eigenvalue weighted by Gasteiger charge is 2.33. The fourth-order valence-electron chi connectivity index (χ4n) is 3.66. The smallest absolute Gasteiger partial charge is 0.290 e. The van der Waals surface area contributed by atoms with Gasteiger partial charge < -0.3 is 20.1 Å². The minimum Gasteiger partial charge on any atom is -0.483 e. The molecule has 1 aromatic carbocycles. The number of halogens is 1. The Balaban J connectivity index is 0.000000755. The van der Waals surface area contributed by atoms with Gasteiger partial charge >= 0.3 is 0 Å². The standard InChI is InChI=1S/C18H21FN4O3.CH2O2/c19-13-4-1-3-12-15(13)21-22-16(12)20-17(24)11-6-8-23(9-7-11)18(25)14-5-2-10-26-14;2-1-3/h1,3-4,11,14H,2,5-10H2,(H2,20,21,22,24);1H,(H,2,3). The van der Waals surface area contributed by atoms with Crippen LogP contribution in [0.15, 0.2) is 18.2 Å². The van der Waals surface area contributed by atoms with E-state index in [2.05, 4.69) is 15.5 Å². The Morgan fingerprint density at radius 3 is 2.69 bits per heavy atom.